The molecule has 0 bridgehead atoms. The zero-order valence-corrected chi connectivity index (χ0v) is 7.14. The Bertz CT molecular complexity index is 295. The third-order valence-electron chi connectivity index (χ3n) is 1.81. The number of benzene rings is 1. The van der Waals surface area contributed by atoms with Gasteiger partial charge < -0.3 is 10.5 Å². The number of aldehydes is 1. The van der Waals surface area contributed by atoms with Gasteiger partial charge in [-0.25, -0.2) is 0 Å². The van der Waals surface area contributed by atoms with E-state index in [0.29, 0.717) is 0 Å². The summed E-state index contributed by atoms with van der Waals surface area (Å²) in [5.41, 5.74) is 5.84. The lowest BCUT2D eigenvalue weighted by Gasteiger charge is -2.06. The van der Waals surface area contributed by atoms with Crippen molar-refractivity contribution in [2.24, 2.45) is 5.73 Å². The van der Waals surface area contributed by atoms with Crippen LogP contribution >= 0.6 is 0 Å². The second-order valence-corrected chi connectivity index (χ2v) is 2.82. The lowest BCUT2D eigenvalue weighted by atomic mass is 9.97. The quantitative estimate of drug-likeness (QED) is 0.693. The van der Waals surface area contributed by atoms with Crippen molar-refractivity contribution >= 4 is 12.2 Å². The molecule has 0 aliphatic heterocycles. The molecule has 0 fully saturated rings. The molecule has 0 aromatic heterocycles. The van der Waals surface area contributed by atoms with Gasteiger partial charge in [0, 0.05) is 12.3 Å². The van der Waals surface area contributed by atoms with Gasteiger partial charge in [-0.2, -0.15) is 0 Å². The molecule has 0 aliphatic carbocycles. The fraction of sp³-hybridized carbons (Fsp3) is 0.200. The van der Waals surface area contributed by atoms with Crippen molar-refractivity contribution in [3.8, 4) is 0 Å². The maximum atomic E-state index is 10.6. The van der Waals surface area contributed by atoms with Gasteiger partial charge in [0.15, 0.2) is 0 Å². The zero-order chi connectivity index (χ0) is 9.68. The molecule has 1 atom stereocenters. The summed E-state index contributed by atoms with van der Waals surface area (Å²) in [5, 5.41) is 0. The average Bonchev–Trinajstić information content (AvgIpc) is 2.15. The number of rotatable bonds is 4. The molecular weight excluding hydrogens is 166 g/mol. The molecule has 1 amide bonds. The van der Waals surface area contributed by atoms with Crippen molar-refractivity contribution in [1.82, 2.24) is 0 Å². The highest BCUT2D eigenvalue weighted by Crippen LogP contribution is 2.15. The summed E-state index contributed by atoms with van der Waals surface area (Å²) in [6.45, 7) is 0. The molecule has 2 N–H and O–H groups in total. The topological polar surface area (TPSA) is 60.2 Å². The molecule has 68 valence electrons. The number of hydrogen-bond acceptors (Lipinski definition) is 2. The van der Waals surface area contributed by atoms with Gasteiger partial charge in [-0.1, -0.05) is 30.3 Å². The predicted molar refractivity (Wildman–Crippen MR) is 49.1 cm³/mol. The second-order valence-electron chi connectivity index (χ2n) is 2.82. The third kappa shape index (κ3) is 2.71. The van der Waals surface area contributed by atoms with Crippen molar-refractivity contribution < 1.29 is 9.59 Å². The third-order valence-corrected chi connectivity index (χ3v) is 1.81. The molecule has 13 heavy (non-hydrogen) atoms. The molecule has 0 aliphatic rings. The van der Waals surface area contributed by atoms with E-state index in [1.165, 1.54) is 0 Å². The molecular formula is C10H11NO2. The molecule has 1 aromatic rings. The minimum Gasteiger partial charge on any atom is -0.370 e. The molecule has 1 rings (SSSR count). The fourth-order valence-electron chi connectivity index (χ4n) is 1.16. The van der Waals surface area contributed by atoms with Crippen LogP contribution in [0.2, 0.25) is 0 Å². The van der Waals surface area contributed by atoms with Crippen LogP contribution in [0, 0.1) is 0 Å². The van der Waals surface area contributed by atoms with Crippen LogP contribution in [0.25, 0.3) is 0 Å². The number of primary amides is 1. The minimum absolute atomic E-state index is 0.0769. The number of amides is 1. The second kappa shape index (κ2) is 4.40. The van der Waals surface area contributed by atoms with Gasteiger partial charge in [0.2, 0.25) is 5.91 Å². The van der Waals surface area contributed by atoms with E-state index >= 15 is 0 Å². The Morgan fingerprint density at radius 1 is 1.38 bits per heavy atom. The van der Waals surface area contributed by atoms with Crippen molar-refractivity contribution in [1.29, 1.82) is 0 Å². The van der Waals surface area contributed by atoms with E-state index in [1.54, 1.807) is 0 Å². The SMILES string of the molecule is NC(=O)CC(C=O)c1ccccc1. The highest BCUT2D eigenvalue weighted by molar-refractivity contribution is 5.79. The summed E-state index contributed by atoms with van der Waals surface area (Å²) in [4.78, 5) is 21.2. The first-order chi connectivity index (χ1) is 6.24. The van der Waals surface area contributed by atoms with E-state index in [2.05, 4.69) is 0 Å². The average molecular weight is 177 g/mol. The van der Waals surface area contributed by atoms with Crippen molar-refractivity contribution in [3.63, 3.8) is 0 Å². The zero-order valence-electron chi connectivity index (χ0n) is 7.14. The monoisotopic (exact) mass is 177 g/mol. The molecule has 0 spiro atoms. The maximum Gasteiger partial charge on any atom is 0.218 e. The predicted octanol–water partition coefficient (Wildman–Crippen LogP) is 0.844. The van der Waals surface area contributed by atoms with Gasteiger partial charge in [0.05, 0.1) is 0 Å². The fourth-order valence-corrected chi connectivity index (χ4v) is 1.16. The van der Waals surface area contributed by atoms with Crippen molar-refractivity contribution in [2.75, 3.05) is 0 Å². The Morgan fingerprint density at radius 2 is 2.00 bits per heavy atom. The molecule has 1 aromatic carbocycles. The molecule has 3 nitrogen and oxygen atoms in total. The van der Waals surface area contributed by atoms with Gasteiger partial charge in [-0.05, 0) is 5.56 Å². The van der Waals surface area contributed by atoms with E-state index in [4.69, 9.17) is 5.73 Å². The summed E-state index contributed by atoms with van der Waals surface area (Å²) in [5.74, 6) is -0.861. The van der Waals surface area contributed by atoms with Crippen LogP contribution in [0.15, 0.2) is 30.3 Å². The van der Waals surface area contributed by atoms with Crippen LogP contribution in [0.4, 0.5) is 0 Å². The highest BCUT2D eigenvalue weighted by atomic mass is 16.1. The summed E-state index contributed by atoms with van der Waals surface area (Å²) < 4.78 is 0. The van der Waals surface area contributed by atoms with Crippen molar-refractivity contribution in [3.05, 3.63) is 35.9 Å². The summed E-state index contributed by atoms with van der Waals surface area (Å²) in [6.07, 6.45) is 0.827. The van der Waals surface area contributed by atoms with E-state index in [1.807, 2.05) is 30.3 Å². The molecule has 0 heterocycles. The maximum absolute atomic E-state index is 10.6. The molecule has 1 unspecified atom stereocenters. The molecule has 3 heteroatoms. The lowest BCUT2D eigenvalue weighted by Crippen LogP contribution is -2.15. The Morgan fingerprint density at radius 3 is 2.46 bits per heavy atom. The lowest BCUT2D eigenvalue weighted by molar-refractivity contribution is -0.120. The smallest absolute Gasteiger partial charge is 0.218 e. The Balaban J connectivity index is 2.78. The largest absolute Gasteiger partial charge is 0.370 e. The summed E-state index contributed by atoms with van der Waals surface area (Å²) in [6, 6.07) is 9.12. The number of carbonyl (C=O) groups is 2. The van der Waals surface area contributed by atoms with Crippen LogP contribution in [0.1, 0.15) is 17.9 Å². The Kier molecular flexibility index (Phi) is 3.20. The number of hydrogen-bond donors (Lipinski definition) is 1. The van der Waals surface area contributed by atoms with Crippen LogP contribution in [-0.4, -0.2) is 12.2 Å². The molecule has 0 radical (unpaired) electrons. The molecule has 0 saturated carbocycles. The van der Waals surface area contributed by atoms with E-state index in [9.17, 15) is 9.59 Å². The van der Waals surface area contributed by atoms with E-state index < -0.39 is 11.8 Å². The highest BCUT2D eigenvalue weighted by Gasteiger charge is 2.12. The van der Waals surface area contributed by atoms with Gasteiger partial charge >= 0.3 is 0 Å². The van der Waals surface area contributed by atoms with Crippen LogP contribution in [-0.2, 0) is 9.59 Å². The minimum atomic E-state index is -0.457. The van der Waals surface area contributed by atoms with Crippen molar-refractivity contribution in [2.45, 2.75) is 12.3 Å². The first-order valence-electron chi connectivity index (χ1n) is 4.02. The first-order valence-corrected chi connectivity index (χ1v) is 4.02. The van der Waals surface area contributed by atoms with E-state index in [0.717, 1.165) is 11.8 Å². The van der Waals surface area contributed by atoms with Crippen LogP contribution in [0.5, 0.6) is 0 Å². The van der Waals surface area contributed by atoms with Gasteiger partial charge in [-0.15, -0.1) is 0 Å². The van der Waals surface area contributed by atoms with Gasteiger partial charge in [-0.3, -0.25) is 4.79 Å². The normalized spacial score (nSPS) is 12.0. The standard InChI is InChI=1S/C10H11NO2/c11-10(13)6-9(7-12)8-4-2-1-3-5-8/h1-5,7,9H,6H2,(H2,11,13). The summed E-state index contributed by atoms with van der Waals surface area (Å²) >= 11 is 0. The number of carbonyl (C=O) groups excluding carboxylic acids is 2. The van der Waals surface area contributed by atoms with E-state index in [-0.39, 0.29) is 6.42 Å². The number of nitrogens with two attached hydrogens (primary N) is 1. The Labute approximate surface area is 76.6 Å². The van der Waals surface area contributed by atoms with Crippen LogP contribution in [0.3, 0.4) is 0 Å². The van der Waals surface area contributed by atoms with Gasteiger partial charge in [0.1, 0.15) is 6.29 Å². The van der Waals surface area contributed by atoms with Crippen LogP contribution < -0.4 is 5.73 Å². The Hall–Kier alpha value is -1.64. The first kappa shape index (κ1) is 9.45. The van der Waals surface area contributed by atoms with Gasteiger partial charge in [0.25, 0.3) is 0 Å². The summed E-state index contributed by atoms with van der Waals surface area (Å²) in [7, 11) is 0. The molecule has 0 saturated heterocycles.